The zero-order valence-corrected chi connectivity index (χ0v) is 15.9. The monoisotopic (exact) mass is 419 g/mol. The largest absolute Gasteiger partial charge is 0.491 e. The number of methoxy groups -OCH3 is 1. The van der Waals surface area contributed by atoms with Gasteiger partial charge in [-0.05, 0) is 58.7 Å². The van der Waals surface area contributed by atoms with E-state index in [0.717, 1.165) is 12.1 Å². The van der Waals surface area contributed by atoms with Crippen molar-refractivity contribution in [1.82, 2.24) is 0 Å². The number of sulfonamides is 1. The number of benzene rings is 3. The maximum absolute atomic E-state index is 14.3. The van der Waals surface area contributed by atoms with Gasteiger partial charge in [-0.15, -0.1) is 0 Å². The molecule has 4 rings (SSSR count). The average molecular weight is 419 g/mol. The highest BCUT2D eigenvalue weighted by molar-refractivity contribution is 7.89. The Morgan fingerprint density at radius 3 is 1.90 bits per heavy atom. The fourth-order valence-corrected chi connectivity index (χ4v) is 3.67. The molecule has 1 heterocycles. The normalized spacial score (nSPS) is 12.8. The fourth-order valence-electron chi connectivity index (χ4n) is 3.15. The number of fused-ring (bicyclic) bond motifs is 1. The molecule has 3 aromatic rings. The molecular weight excluding hydrogens is 404 g/mol. The number of primary sulfonamides is 1. The molecule has 9 heteroatoms. The minimum absolute atomic E-state index is 0.0217. The van der Waals surface area contributed by atoms with Crippen LogP contribution in [0.1, 0.15) is 0 Å². The summed E-state index contributed by atoms with van der Waals surface area (Å²) in [5.74, 6) is -1.28. The summed E-state index contributed by atoms with van der Waals surface area (Å²) in [6.07, 6.45) is 0. The van der Waals surface area contributed by atoms with E-state index >= 15 is 0 Å². The molecule has 0 amide bonds. The van der Waals surface area contributed by atoms with E-state index in [0.29, 0.717) is 28.2 Å². The molecule has 2 N–H and O–H groups in total. The van der Waals surface area contributed by atoms with Crippen LogP contribution in [0.2, 0.25) is 0 Å². The van der Waals surface area contributed by atoms with E-state index in [1.165, 1.54) is 19.2 Å². The Morgan fingerprint density at radius 1 is 0.897 bits per heavy atom. The molecule has 1 aliphatic rings. The van der Waals surface area contributed by atoms with E-state index in [1.54, 1.807) is 24.3 Å². The molecule has 29 heavy (non-hydrogen) atoms. The van der Waals surface area contributed by atoms with E-state index in [9.17, 15) is 17.2 Å². The van der Waals surface area contributed by atoms with Crippen molar-refractivity contribution in [3.63, 3.8) is 0 Å². The predicted octanol–water partition coefficient (Wildman–Crippen LogP) is 3.68. The van der Waals surface area contributed by atoms with Gasteiger partial charge in [0.2, 0.25) is 16.8 Å². The van der Waals surface area contributed by atoms with Crippen LogP contribution in [0, 0.1) is 11.6 Å². The van der Waals surface area contributed by atoms with E-state index in [1.807, 2.05) is 0 Å². The molecule has 150 valence electrons. The highest BCUT2D eigenvalue weighted by Crippen LogP contribution is 2.44. The number of ether oxygens (including phenoxy) is 3. The van der Waals surface area contributed by atoms with Crippen LogP contribution in [0.3, 0.4) is 0 Å². The Balaban J connectivity index is 1.91. The summed E-state index contributed by atoms with van der Waals surface area (Å²) in [5, 5.41) is 5.14. The second kappa shape index (κ2) is 7.02. The lowest BCUT2D eigenvalue weighted by molar-refractivity contribution is 0.174. The third kappa shape index (κ3) is 3.50. The van der Waals surface area contributed by atoms with Crippen molar-refractivity contribution in [2.75, 3.05) is 13.9 Å². The fraction of sp³-hybridized carbons (Fsp3) is 0.100. The number of rotatable bonds is 4. The summed E-state index contributed by atoms with van der Waals surface area (Å²) in [7, 11) is -2.67. The van der Waals surface area contributed by atoms with Crippen LogP contribution >= 0.6 is 0 Å². The standard InChI is InChI=1S/C20H15F2NO5S/c1-26-20-16(21)6-12(7-17(20)22)15-9-19-18(27-10-28-19)8-14(15)11-2-4-13(5-3-11)29(23,24)25/h2-9H,10H2,1H3,(H2,23,24,25). The number of hydrogen-bond donors (Lipinski definition) is 1. The van der Waals surface area contributed by atoms with E-state index in [4.69, 9.17) is 19.3 Å². The first kappa shape index (κ1) is 19.2. The number of halogens is 2. The van der Waals surface area contributed by atoms with Crippen molar-refractivity contribution in [1.29, 1.82) is 0 Å². The van der Waals surface area contributed by atoms with Crippen LogP contribution in [-0.2, 0) is 10.0 Å². The van der Waals surface area contributed by atoms with Gasteiger partial charge in [-0.2, -0.15) is 0 Å². The maximum atomic E-state index is 14.3. The Labute approximate surface area is 165 Å². The first-order chi connectivity index (χ1) is 13.8. The SMILES string of the molecule is COc1c(F)cc(-c2cc3c(cc2-c2ccc(S(N)(=O)=O)cc2)OCO3)cc1F. The maximum Gasteiger partial charge on any atom is 0.238 e. The average Bonchev–Trinajstić information content (AvgIpc) is 3.13. The molecule has 0 spiro atoms. The first-order valence-electron chi connectivity index (χ1n) is 8.38. The molecule has 1 aliphatic heterocycles. The van der Waals surface area contributed by atoms with Crippen LogP contribution in [0.5, 0.6) is 17.2 Å². The van der Waals surface area contributed by atoms with Gasteiger partial charge in [0, 0.05) is 0 Å². The van der Waals surface area contributed by atoms with Crippen molar-refractivity contribution in [2.24, 2.45) is 5.14 Å². The van der Waals surface area contributed by atoms with E-state index in [2.05, 4.69) is 0 Å². The molecule has 0 saturated heterocycles. The summed E-state index contributed by atoms with van der Waals surface area (Å²) < 4.78 is 67.1. The molecule has 0 aromatic heterocycles. The topological polar surface area (TPSA) is 87.9 Å². The van der Waals surface area contributed by atoms with Crippen LogP contribution in [-0.4, -0.2) is 22.3 Å². The Kier molecular flexibility index (Phi) is 4.64. The van der Waals surface area contributed by atoms with Gasteiger partial charge in [0.25, 0.3) is 0 Å². The zero-order chi connectivity index (χ0) is 20.8. The lowest BCUT2D eigenvalue weighted by Gasteiger charge is -2.14. The minimum Gasteiger partial charge on any atom is -0.491 e. The molecule has 0 bridgehead atoms. The van der Waals surface area contributed by atoms with Gasteiger partial charge in [-0.1, -0.05) is 12.1 Å². The highest BCUT2D eigenvalue weighted by atomic mass is 32.2. The van der Waals surface area contributed by atoms with Gasteiger partial charge >= 0.3 is 0 Å². The smallest absolute Gasteiger partial charge is 0.238 e. The Bertz CT molecular complexity index is 1190. The molecular formula is C20H15F2NO5S. The predicted molar refractivity (Wildman–Crippen MR) is 101 cm³/mol. The third-order valence-electron chi connectivity index (χ3n) is 4.52. The molecule has 0 unspecified atom stereocenters. The molecule has 0 fully saturated rings. The summed E-state index contributed by atoms with van der Waals surface area (Å²) in [4.78, 5) is -0.0509. The lowest BCUT2D eigenvalue weighted by Crippen LogP contribution is -2.11. The quantitative estimate of drug-likeness (QED) is 0.697. The molecule has 0 atom stereocenters. The van der Waals surface area contributed by atoms with Crippen LogP contribution in [0.15, 0.2) is 53.4 Å². The van der Waals surface area contributed by atoms with Crippen molar-refractivity contribution in [2.45, 2.75) is 4.90 Å². The van der Waals surface area contributed by atoms with Crippen LogP contribution in [0.25, 0.3) is 22.3 Å². The molecule has 6 nitrogen and oxygen atoms in total. The zero-order valence-electron chi connectivity index (χ0n) is 15.1. The van der Waals surface area contributed by atoms with Gasteiger partial charge in [0.1, 0.15) is 0 Å². The van der Waals surface area contributed by atoms with Gasteiger partial charge in [0.05, 0.1) is 12.0 Å². The number of hydrogen-bond acceptors (Lipinski definition) is 5. The molecule has 0 saturated carbocycles. The van der Waals surface area contributed by atoms with Gasteiger partial charge < -0.3 is 14.2 Å². The second-order valence-corrected chi connectivity index (χ2v) is 7.86. The van der Waals surface area contributed by atoms with E-state index in [-0.39, 0.29) is 17.3 Å². The van der Waals surface area contributed by atoms with Crippen molar-refractivity contribution >= 4 is 10.0 Å². The Morgan fingerprint density at radius 2 is 1.41 bits per heavy atom. The summed E-state index contributed by atoms with van der Waals surface area (Å²) in [5.41, 5.74) is 1.89. The van der Waals surface area contributed by atoms with Crippen LogP contribution < -0.4 is 19.3 Å². The third-order valence-corrected chi connectivity index (χ3v) is 5.45. The summed E-state index contributed by atoms with van der Waals surface area (Å²) in [6.45, 7) is 0.0217. The lowest BCUT2D eigenvalue weighted by atomic mass is 9.93. The Hall–Kier alpha value is -3.17. The second-order valence-electron chi connectivity index (χ2n) is 6.29. The van der Waals surface area contributed by atoms with Crippen molar-refractivity contribution < 1.29 is 31.4 Å². The van der Waals surface area contributed by atoms with Crippen molar-refractivity contribution in [3.8, 4) is 39.5 Å². The highest BCUT2D eigenvalue weighted by Gasteiger charge is 2.21. The molecule has 0 aliphatic carbocycles. The minimum atomic E-state index is -3.85. The summed E-state index contributed by atoms with van der Waals surface area (Å²) >= 11 is 0. The first-order valence-corrected chi connectivity index (χ1v) is 9.93. The summed E-state index contributed by atoms with van der Waals surface area (Å²) in [6, 6.07) is 11.4. The number of nitrogens with two attached hydrogens (primary N) is 1. The molecule has 3 aromatic carbocycles. The van der Waals surface area contributed by atoms with Gasteiger partial charge in [-0.25, -0.2) is 22.3 Å². The molecule has 0 radical (unpaired) electrons. The van der Waals surface area contributed by atoms with Crippen molar-refractivity contribution in [3.05, 3.63) is 60.2 Å². The van der Waals surface area contributed by atoms with Gasteiger partial charge in [-0.3, -0.25) is 0 Å². The van der Waals surface area contributed by atoms with Gasteiger partial charge in [0.15, 0.2) is 28.9 Å². The van der Waals surface area contributed by atoms with E-state index < -0.39 is 27.4 Å². The van der Waals surface area contributed by atoms with Crippen LogP contribution in [0.4, 0.5) is 8.78 Å².